The van der Waals surface area contributed by atoms with E-state index in [4.69, 9.17) is 19.6 Å². The molecule has 0 bridgehead atoms. The standard InChI is InChI=1S/C25H28FN3O6/c1-3-11-34-25(32)29-23(27)16-6-9-19(20(26)13-16)24(31)28-17-7-10-21-15(12-17)5-8-18(35-21)14-22(30)33-4-2/h6-7,9-10,12-13,18H,3-5,8,11,14H2,1-2H3,(H,28,31)(H2,27,29,32). The molecule has 0 aliphatic carbocycles. The zero-order chi connectivity index (χ0) is 25.4. The van der Waals surface area contributed by atoms with E-state index >= 15 is 0 Å². The van der Waals surface area contributed by atoms with Gasteiger partial charge in [0.05, 0.1) is 25.2 Å². The Hall–Kier alpha value is -3.95. The first-order chi connectivity index (χ1) is 16.8. The van der Waals surface area contributed by atoms with Gasteiger partial charge in [-0.1, -0.05) is 13.0 Å². The molecule has 0 saturated heterocycles. The Labute approximate surface area is 202 Å². The molecule has 2 amide bonds. The second kappa shape index (κ2) is 12.0. The number of carbonyl (C=O) groups is 3. The lowest BCUT2D eigenvalue weighted by molar-refractivity contribution is -0.145. The second-order valence-corrected chi connectivity index (χ2v) is 7.89. The molecule has 1 unspecified atom stereocenters. The van der Waals surface area contributed by atoms with Gasteiger partial charge in [0, 0.05) is 11.3 Å². The van der Waals surface area contributed by atoms with Crippen LogP contribution in [0.15, 0.2) is 36.4 Å². The van der Waals surface area contributed by atoms with E-state index in [1.807, 2.05) is 6.92 Å². The topological polar surface area (TPSA) is 127 Å². The Morgan fingerprint density at radius 1 is 1.14 bits per heavy atom. The SMILES string of the molecule is CCCOC(=O)NC(=N)c1ccc(C(=O)Nc2ccc3c(c2)CCC(CC(=O)OCC)O3)c(F)c1. The second-order valence-electron chi connectivity index (χ2n) is 7.89. The molecule has 0 radical (unpaired) electrons. The first-order valence-corrected chi connectivity index (χ1v) is 11.4. The first-order valence-electron chi connectivity index (χ1n) is 11.4. The third-order valence-corrected chi connectivity index (χ3v) is 5.21. The fourth-order valence-corrected chi connectivity index (χ4v) is 3.53. The number of aryl methyl sites for hydroxylation is 1. The van der Waals surface area contributed by atoms with E-state index in [1.165, 1.54) is 12.1 Å². The van der Waals surface area contributed by atoms with Crippen molar-refractivity contribution >= 4 is 29.5 Å². The number of benzene rings is 2. The van der Waals surface area contributed by atoms with Gasteiger partial charge >= 0.3 is 12.1 Å². The molecule has 35 heavy (non-hydrogen) atoms. The monoisotopic (exact) mass is 485 g/mol. The summed E-state index contributed by atoms with van der Waals surface area (Å²) in [6.07, 6.45) is 1.02. The van der Waals surface area contributed by atoms with Gasteiger partial charge in [-0.3, -0.25) is 20.3 Å². The Morgan fingerprint density at radius 2 is 1.94 bits per heavy atom. The summed E-state index contributed by atoms with van der Waals surface area (Å²) in [4.78, 5) is 35.9. The van der Waals surface area contributed by atoms with Crippen molar-refractivity contribution in [1.29, 1.82) is 5.41 Å². The van der Waals surface area contributed by atoms with E-state index in [9.17, 15) is 18.8 Å². The Balaban J connectivity index is 1.61. The largest absolute Gasteiger partial charge is 0.490 e. The van der Waals surface area contributed by atoms with Crippen molar-refractivity contribution in [2.45, 2.75) is 45.6 Å². The number of anilines is 1. The first kappa shape index (κ1) is 25.7. The van der Waals surface area contributed by atoms with Crippen molar-refractivity contribution in [3.63, 3.8) is 0 Å². The highest BCUT2D eigenvalue weighted by molar-refractivity contribution is 6.07. The number of rotatable bonds is 8. The number of hydrogen-bond acceptors (Lipinski definition) is 7. The number of alkyl carbamates (subject to hydrolysis) is 1. The van der Waals surface area contributed by atoms with E-state index in [2.05, 4.69) is 10.6 Å². The third-order valence-electron chi connectivity index (χ3n) is 5.21. The van der Waals surface area contributed by atoms with Crippen molar-refractivity contribution in [2.75, 3.05) is 18.5 Å². The van der Waals surface area contributed by atoms with Crippen LogP contribution in [0.3, 0.4) is 0 Å². The van der Waals surface area contributed by atoms with Gasteiger partial charge in [0.1, 0.15) is 23.5 Å². The number of amides is 2. The molecule has 1 aliphatic rings. The summed E-state index contributed by atoms with van der Waals surface area (Å²) in [5.74, 6) is -1.51. The lowest BCUT2D eigenvalue weighted by Crippen LogP contribution is -2.31. The molecule has 1 heterocycles. The lowest BCUT2D eigenvalue weighted by atomic mass is 10.00. The van der Waals surface area contributed by atoms with Crippen molar-refractivity contribution in [1.82, 2.24) is 5.32 Å². The molecule has 0 saturated carbocycles. The molecule has 2 aromatic carbocycles. The van der Waals surface area contributed by atoms with Gasteiger partial charge in [-0.05, 0) is 62.1 Å². The van der Waals surface area contributed by atoms with Crippen LogP contribution in [0, 0.1) is 11.2 Å². The molecule has 0 fully saturated rings. The molecule has 1 atom stereocenters. The van der Waals surface area contributed by atoms with E-state index in [0.717, 1.165) is 11.6 Å². The number of ether oxygens (including phenoxy) is 3. The van der Waals surface area contributed by atoms with Crippen molar-refractivity contribution in [3.8, 4) is 5.75 Å². The minimum atomic E-state index is -0.837. The van der Waals surface area contributed by atoms with Crippen LogP contribution in [-0.2, 0) is 20.7 Å². The maximum Gasteiger partial charge on any atom is 0.412 e. The molecular formula is C25H28FN3O6. The van der Waals surface area contributed by atoms with Gasteiger partial charge in [-0.15, -0.1) is 0 Å². The number of esters is 1. The number of halogens is 1. The highest BCUT2D eigenvalue weighted by Gasteiger charge is 2.23. The minimum absolute atomic E-state index is 0.0933. The molecule has 3 rings (SSSR count). The average molecular weight is 486 g/mol. The van der Waals surface area contributed by atoms with Crippen LogP contribution < -0.4 is 15.4 Å². The Bertz CT molecular complexity index is 1120. The van der Waals surface area contributed by atoms with Gasteiger partial charge in [-0.25, -0.2) is 9.18 Å². The zero-order valence-electron chi connectivity index (χ0n) is 19.6. The van der Waals surface area contributed by atoms with Crippen LogP contribution in [0.2, 0.25) is 0 Å². The quantitative estimate of drug-likeness (QED) is 0.292. The number of amidine groups is 1. The number of carbonyl (C=O) groups excluding carboxylic acids is 3. The average Bonchev–Trinajstić information content (AvgIpc) is 2.82. The van der Waals surface area contributed by atoms with E-state index < -0.39 is 17.8 Å². The van der Waals surface area contributed by atoms with Crippen LogP contribution in [0.4, 0.5) is 14.9 Å². The molecule has 2 aromatic rings. The molecule has 10 heteroatoms. The van der Waals surface area contributed by atoms with Crippen LogP contribution in [0.25, 0.3) is 0 Å². The highest BCUT2D eigenvalue weighted by Crippen LogP contribution is 2.31. The molecule has 186 valence electrons. The maximum atomic E-state index is 14.6. The van der Waals surface area contributed by atoms with Crippen LogP contribution in [0.5, 0.6) is 5.75 Å². The van der Waals surface area contributed by atoms with E-state index in [-0.39, 0.29) is 42.1 Å². The fourth-order valence-electron chi connectivity index (χ4n) is 3.53. The predicted octanol–water partition coefficient (Wildman–Crippen LogP) is 4.19. The molecular weight excluding hydrogens is 457 g/mol. The summed E-state index contributed by atoms with van der Waals surface area (Å²) in [6, 6.07) is 8.70. The van der Waals surface area contributed by atoms with E-state index in [0.29, 0.717) is 37.3 Å². The summed E-state index contributed by atoms with van der Waals surface area (Å²) in [5.41, 5.74) is 1.22. The predicted molar refractivity (Wildman–Crippen MR) is 126 cm³/mol. The highest BCUT2D eigenvalue weighted by atomic mass is 19.1. The molecule has 0 spiro atoms. The fraction of sp³-hybridized carbons (Fsp3) is 0.360. The Kier molecular flexibility index (Phi) is 8.77. The minimum Gasteiger partial charge on any atom is -0.490 e. The van der Waals surface area contributed by atoms with E-state index in [1.54, 1.807) is 25.1 Å². The summed E-state index contributed by atoms with van der Waals surface area (Å²) in [5, 5.41) is 12.8. The maximum absolute atomic E-state index is 14.6. The van der Waals surface area contributed by atoms with Crippen molar-refractivity contribution < 1.29 is 33.0 Å². The Morgan fingerprint density at radius 3 is 2.66 bits per heavy atom. The van der Waals surface area contributed by atoms with Crippen molar-refractivity contribution in [3.05, 3.63) is 58.9 Å². The number of nitrogens with one attached hydrogen (secondary N) is 3. The number of hydrogen-bond donors (Lipinski definition) is 3. The van der Waals surface area contributed by atoms with Gasteiger partial charge in [0.2, 0.25) is 0 Å². The summed E-state index contributed by atoms with van der Waals surface area (Å²) in [7, 11) is 0. The van der Waals surface area contributed by atoms with Crippen LogP contribution in [-0.4, -0.2) is 43.1 Å². The molecule has 3 N–H and O–H groups in total. The summed E-state index contributed by atoms with van der Waals surface area (Å²) >= 11 is 0. The molecule has 1 aliphatic heterocycles. The zero-order valence-corrected chi connectivity index (χ0v) is 19.6. The molecule has 0 aromatic heterocycles. The summed E-state index contributed by atoms with van der Waals surface area (Å²) < 4.78 is 30.3. The smallest absolute Gasteiger partial charge is 0.412 e. The van der Waals surface area contributed by atoms with Crippen LogP contribution >= 0.6 is 0 Å². The van der Waals surface area contributed by atoms with Gasteiger partial charge in [0.25, 0.3) is 5.91 Å². The van der Waals surface area contributed by atoms with Crippen molar-refractivity contribution in [2.24, 2.45) is 0 Å². The normalized spacial score (nSPS) is 14.2. The number of fused-ring (bicyclic) bond motifs is 1. The van der Waals surface area contributed by atoms with Gasteiger partial charge in [-0.2, -0.15) is 0 Å². The lowest BCUT2D eigenvalue weighted by Gasteiger charge is -2.26. The third kappa shape index (κ3) is 7.02. The van der Waals surface area contributed by atoms with Gasteiger partial charge < -0.3 is 19.5 Å². The summed E-state index contributed by atoms with van der Waals surface area (Å²) in [6.45, 7) is 4.11. The van der Waals surface area contributed by atoms with Crippen LogP contribution in [0.1, 0.15) is 54.6 Å². The van der Waals surface area contributed by atoms with Gasteiger partial charge in [0.15, 0.2) is 0 Å². The molecule has 9 nitrogen and oxygen atoms in total.